The molecule has 186 valence electrons. The Bertz CT molecular complexity index is 1140. The molecular weight excluding hydrogens is 461 g/mol. The number of rotatable bonds is 14. The van der Waals surface area contributed by atoms with E-state index in [4.69, 9.17) is 24.3 Å². The van der Waals surface area contributed by atoms with Crippen LogP contribution < -0.4 is 11.3 Å². The van der Waals surface area contributed by atoms with Gasteiger partial charge in [-0.2, -0.15) is 4.98 Å². The number of hydrogen-bond donors (Lipinski definition) is 2. The molecule has 0 unspecified atom stereocenters. The van der Waals surface area contributed by atoms with Crippen LogP contribution in [0, 0.1) is 0 Å². The Labute approximate surface area is 198 Å². The van der Waals surface area contributed by atoms with Crippen molar-refractivity contribution in [2.75, 3.05) is 25.1 Å². The lowest BCUT2D eigenvalue weighted by molar-refractivity contribution is -0.0917. The van der Waals surface area contributed by atoms with Crippen LogP contribution in [0.5, 0.6) is 0 Å². The zero-order chi connectivity index (χ0) is 24.6. The number of nitrogens with zero attached hydrogens (tertiary/aromatic N) is 3. The lowest BCUT2D eigenvalue weighted by Crippen LogP contribution is -2.31. The molecule has 0 bridgehead atoms. The number of fused-ring (bicyclic) bond motifs is 1. The van der Waals surface area contributed by atoms with E-state index < -0.39 is 19.3 Å². The molecule has 3 N–H and O–H groups in total. The molecule has 11 nitrogen and oxygen atoms in total. The number of ether oxygens (including phenoxy) is 2. The SMILES string of the molecule is CCOP(=O)(CC[C@@H](OCn1cnc2c(=O)[nH]c(N)nc21)[C@H](C)OCc1ccccc1)OCC. The zero-order valence-electron chi connectivity index (χ0n) is 19.7. The van der Waals surface area contributed by atoms with E-state index in [9.17, 15) is 9.36 Å². The van der Waals surface area contributed by atoms with E-state index in [1.165, 1.54) is 6.33 Å². The fraction of sp³-hybridized carbons (Fsp3) is 0.500. The van der Waals surface area contributed by atoms with Crippen molar-refractivity contribution in [3.63, 3.8) is 0 Å². The van der Waals surface area contributed by atoms with Gasteiger partial charge < -0.3 is 24.3 Å². The lowest BCUT2D eigenvalue weighted by Gasteiger charge is -2.26. The third kappa shape index (κ3) is 6.97. The predicted molar refractivity (Wildman–Crippen MR) is 128 cm³/mol. The molecule has 0 fully saturated rings. The van der Waals surface area contributed by atoms with Crippen LogP contribution in [0.25, 0.3) is 11.2 Å². The number of aromatic nitrogens is 4. The minimum Gasteiger partial charge on any atom is -0.371 e. The van der Waals surface area contributed by atoms with E-state index in [1.54, 1.807) is 18.4 Å². The minimum atomic E-state index is -3.25. The summed E-state index contributed by atoms with van der Waals surface area (Å²) in [5, 5.41) is 0. The summed E-state index contributed by atoms with van der Waals surface area (Å²) >= 11 is 0. The molecule has 0 saturated carbocycles. The molecule has 3 aromatic rings. The highest BCUT2D eigenvalue weighted by atomic mass is 31.2. The summed E-state index contributed by atoms with van der Waals surface area (Å²) < 4.78 is 37.6. The van der Waals surface area contributed by atoms with Crippen molar-refractivity contribution in [3.05, 3.63) is 52.6 Å². The minimum absolute atomic E-state index is 0.00951. The first kappa shape index (κ1) is 26.1. The van der Waals surface area contributed by atoms with Gasteiger partial charge >= 0.3 is 7.60 Å². The van der Waals surface area contributed by atoms with E-state index in [1.807, 2.05) is 37.3 Å². The van der Waals surface area contributed by atoms with Gasteiger partial charge in [-0.3, -0.25) is 18.9 Å². The van der Waals surface area contributed by atoms with Crippen LogP contribution in [0.15, 0.2) is 41.5 Å². The second-order valence-electron chi connectivity index (χ2n) is 7.63. The van der Waals surface area contributed by atoms with Crippen molar-refractivity contribution in [1.82, 2.24) is 19.5 Å². The average Bonchev–Trinajstić information content (AvgIpc) is 3.21. The Kier molecular flexibility index (Phi) is 9.37. The average molecular weight is 494 g/mol. The molecule has 0 amide bonds. The second-order valence-corrected chi connectivity index (χ2v) is 9.82. The summed E-state index contributed by atoms with van der Waals surface area (Å²) in [6.07, 6.45) is 1.22. The van der Waals surface area contributed by atoms with Crippen LogP contribution >= 0.6 is 7.60 Å². The number of nitrogens with one attached hydrogen (secondary N) is 1. The highest BCUT2D eigenvalue weighted by Gasteiger charge is 2.28. The zero-order valence-corrected chi connectivity index (χ0v) is 20.6. The largest absolute Gasteiger partial charge is 0.371 e. The second kappa shape index (κ2) is 12.2. The smallest absolute Gasteiger partial charge is 0.330 e. The van der Waals surface area contributed by atoms with Crippen LogP contribution in [0.1, 0.15) is 32.8 Å². The fourth-order valence-corrected chi connectivity index (χ4v) is 5.14. The standard InChI is InChI=1S/C22H32N5O6P/c1-4-32-34(29,33-5-2)12-11-18(16(3)30-13-17-9-7-6-8-10-17)31-15-27-14-24-19-20(27)25-22(23)26-21(19)28/h6-10,14,16,18H,4-5,11-13,15H2,1-3H3,(H3,23,25,26,28)/t16-,18+/m0/s1. The molecule has 0 aliphatic rings. The van der Waals surface area contributed by atoms with Crippen molar-refractivity contribution in [2.45, 2.75) is 52.7 Å². The van der Waals surface area contributed by atoms with Crippen LogP contribution in [-0.2, 0) is 36.4 Å². The topological polar surface area (TPSA) is 144 Å². The van der Waals surface area contributed by atoms with Gasteiger partial charge in [0, 0.05) is 0 Å². The fourth-order valence-electron chi connectivity index (χ4n) is 3.45. The van der Waals surface area contributed by atoms with E-state index in [0.717, 1.165) is 5.56 Å². The van der Waals surface area contributed by atoms with E-state index in [-0.39, 0.29) is 43.7 Å². The number of H-pyrrole nitrogens is 1. The normalized spacial score (nSPS) is 13.9. The van der Waals surface area contributed by atoms with Crippen LogP contribution in [0.4, 0.5) is 5.95 Å². The van der Waals surface area contributed by atoms with Gasteiger partial charge in [0.1, 0.15) is 6.73 Å². The Balaban J connectivity index is 1.73. The summed E-state index contributed by atoms with van der Waals surface area (Å²) in [6, 6.07) is 9.79. The molecule has 34 heavy (non-hydrogen) atoms. The maximum absolute atomic E-state index is 13.0. The Hall–Kier alpha value is -2.56. The maximum Gasteiger partial charge on any atom is 0.330 e. The highest BCUT2D eigenvalue weighted by Crippen LogP contribution is 2.49. The summed E-state index contributed by atoms with van der Waals surface area (Å²) in [4.78, 5) is 22.7. The molecule has 2 heterocycles. The number of nitrogens with two attached hydrogens (primary N) is 1. The molecule has 0 spiro atoms. The van der Waals surface area contributed by atoms with E-state index >= 15 is 0 Å². The van der Waals surface area contributed by atoms with Gasteiger partial charge in [0.15, 0.2) is 11.2 Å². The van der Waals surface area contributed by atoms with Crippen molar-refractivity contribution < 1.29 is 23.1 Å². The van der Waals surface area contributed by atoms with Gasteiger partial charge in [-0.05, 0) is 32.8 Å². The van der Waals surface area contributed by atoms with Crippen molar-refractivity contribution in [2.24, 2.45) is 0 Å². The number of aromatic amines is 1. The van der Waals surface area contributed by atoms with Gasteiger partial charge in [-0.15, -0.1) is 0 Å². The third-order valence-electron chi connectivity index (χ3n) is 5.14. The number of anilines is 1. The Morgan fingerprint density at radius 1 is 1.15 bits per heavy atom. The first-order valence-corrected chi connectivity index (χ1v) is 12.9. The van der Waals surface area contributed by atoms with Crippen molar-refractivity contribution in [1.29, 1.82) is 0 Å². The number of benzene rings is 1. The Morgan fingerprint density at radius 2 is 1.85 bits per heavy atom. The molecule has 1 aromatic carbocycles. The molecule has 3 rings (SSSR count). The first-order valence-electron chi connectivity index (χ1n) is 11.2. The van der Waals surface area contributed by atoms with E-state index in [2.05, 4.69) is 15.0 Å². The molecule has 2 aromatic heterocycles. The summed E-state index contributed by atoms with van der Waals surface area (Å²) in [6.45, 7) is 6.46. The quantitative estimate of drug-likeness (QED) is 0.323. The van der Waals surface area contributed by atoms with Crippen molar-refractivity contribution >= 4 is 24.7 Å². The van der Waals surface area contributed by atoms with Gasteiger partial charge in [0.2, 0.25) is 5.95 Å². The molecule has 0 radical (unpaired) electrons. The molecule has 2 atom stereocenters. The van der Waals surface area contributed by atoms with Gasteiger partial charge in [-0.25, -0.2) is 4.98 Å². The molecule has 0 saturated heterocycles. The number of nitrogen functional groups attached to an aromatic ring is 1. The number of imidazole rings is 1. The van der Waals surface area contributed by atoms with Gasteiger partial charge in [-0.1, -0.05) is 30.3 Å². The predicted octanol–water partition coefficient (Wildman–Crippen LogP) is 3.31. The maximum atomic E-state index is 13.0. The van der Waals surface area contributed by atoms with Gasteiger partial charge in [0.25, 0.3) is 5.56 Å². The third-order valence-corrected chi connectivity index (χ3v) is 7.25. The molecule has 12 heteroatoms. The summed E-state index contributed by atoms with van der Waals surface area (Å²) in [5.41, 5.74) is 6.76. The lowest BCUT2D eigenvalue weighted by atomic mass is 10.1. The Morgan fingerprint density at radius 3 is 2.53 bits per heavy atom. The van der Waals surface area contributed by atoms with Crippen LogP contribution in [-0.4, -0.2) is 51.1 Å². The van der Waals surface area contributed by atoms with Crippen LogP contribution in [0.3, 0.4) is 0 Å². The molecule has 0 aliphatic heterocycles. The van der Waals surface area contributed by atoms with E-state index in [0.29, 0.717) is 18.7 Å². The molecule has 0 aliphatic carbocycles. The highest BCUT2D eigenvalue weighted by molar-refractivity contribution is 7.53. The summed E-state index contributed by atoms with van der Waals surface area (Å²) in [7, 11) is -3.25. The summed E-state index contributed by atoms with van der Waals surface area (Å²) in [5.74, 6) is -0.00951. The van der Waals surface area contributed by atoms with Crippen molar-refractivity contribution in [3.8, 4) is 0 Å². The monoisotopic (exact) mass is 493 g/mol. The molecular formula is C22H32N5O6P. The number of hydrogen-bond acceptors (Lipinski definition) is 9. The first-order chi connectivity index (χ1) is 16.3. The van der Waals surface area contributed by atoms with Crippen LogP contribution in [0.2, 0.25) is 0 Å². The van der Waals surface area contributed by atoms with Gasteiger partial charge in [0.05, 0.1) is 44.5 Å².